The summed E-state index contributed by atoms with van der Waals surface area (Å²) in [6.45, 7) is 4.16. The van der Waals surface area contributed by atoms with Crippen LogP contribution in [0, 0.1) is 17.3 Å². The summed E-state index contributed by atoms with van der Waals surface area (Å²) in [6.07, 6.45) is 14.4. The average Bonchev–Trinajstić information content (AvgIpc) is 2.67. The first-order valence-electron chi connectivity index (χ1n) is 6.54. The minimum Gasteiger partial charge on any atom is -0.295 e. The van der Waals surface area contributed by atoms with Crippen molar-refractivity contribution in [1.29, 1.82) is 0 Å². The molecule has 0 N–H and O–H groups in total. The maximum atomic E-state index is 12.2. The highest BCUT2D eigenvalue weighted by atomic mass is 35.5. The van der Waals surface area contributed by atoms with Gasteiger partial charge in [0.05, 0.1) is 0 Å². The number of ketones is 1. The molecule has 17 heavy (non-hydrogen) atoms. The van der Waals surface area contributed by atoms with Gasteiger partial charge in [0.25, 0.3) is 0 Å². The molecule has 1 fully saturated rings. The van der Waals surface area contributed by atoms with E-state index in [9.17, 15) is 4.79 Å². The Bertz CT molecular complexity index is 324. The predicted octanol–water partition coefficient (Wildman–Crippen LogP) is 4.33. The van der Waals surface area contributed by atoms with E-state index in [0.29, 0.717) is 11.7 Å². The third-order valence-electron chi connectivity index (χ3n) is 4.32. The van der Waals surface area contributed by atoms with E-state index in [0.717, 1.165) is 6.42 Å². The Morgan fingerprint density at radius 3 is 2.59 bits per heavy atom. The van der Waals surface area contributed by atoms with E-state index in [1.807, 2.05) is 13.0 Å². The second-order valence-corrected chi connectivity index (χ2v) is 5.44. The van der Waals surface area contributed by atoms with E-state index in [-0.39, 0.29) is 23.7 Å². The maximum absolute atomic E-state index is 12.2. The summed E-state index contributed by atoms with van der Waals surface area (Å²) >= 11 is 0. The number of hydrogen-bond donors (Lipinski definition) is 0. The molecule has 0 amide bonds. The minimum absolute atomic E-state index is 0. The highest BCUT2D eigenvalue weighted by Gasteiger charge is 2.45. The zero-order valence-electron chi connectivity index (χ0n) is 10.8. The maximum Gasteiger partial charge on any atom is 0.159 e. The lowest BCUT2D eigenvalue weighted by molar-refractivity contribution is -0.123. The van der Waals surface area contributed by atoms with Gasteiger partial charge < -0.3 is 0 Å². The number of hydrogen-bond acceptors (Lipinski definition) is 1. The van der Waals surface area contributed by atoms with Gasteiger partial charge in [-0.25, -0.2) is 0 Å². The molecule has 1 spiro atoms. The first-order valence-corrected chi connectivity index (χ1v) is 6.54. The summed E-state index contributed by atoms with van der Waals surface area (Å²) in [6, 6.07) is 0. The predicted molar refractivity (Wildman–Crippen MR) is 74.4 cm³/mol. The smallest absolute Gasteiger partial charge is 0.159 e. The molecule has 0 aromatic rings. The molecule has 0 aliphatic heterocycles. The van der Waals surface area contributed by atoms with Gasteiger partial charge in [0.1, 0.15) is 0 Å². The van der Waals surface area contributed by atoms with Crippen LogP contribution in [0.5, 0.6) is 0 Å². The first kappa shape index (κ1) is 14.5. The van der Waals surface area contributed by atoms with Crippen LogP contribution in [0.1, 0.15) is 46.0 Å². The molecule has 0 bridgehead atoms. The van der Waals surface area contributed by atoms with Gasteiger partial charge >= 0.3 is 0 Å². The summed E-state index contributed by atoms with van der Waals surface area (Å²) in [5.74, 6) is 1.09. The highest BCUT2D eigenvalue weighted by molar-refractivity contribution is 5.92. The lowest BCUT2D eigenvalue weighted by Crippen LogP contribution is -2.38. The average molecular weight is 255 g/mol. The van der Waals surface area contributed by atoms with Crippen LogP contribution in [0.4, 0.5) is 0 Å². The van der Waals surface area contributed by atoms with Gasteiger partial charge in [-0.3, -0.25) is 4.79 Å². The molecule has 0 unspecified atom stereocenters. The van der Waals surface area contributed by atoms with Crippen molar-refractivity contribution in [2.75, 3.05) is 0 Å². The number of rotatable bonds is 2. The number of carbonyl (C=O) groups excluding carboxylic acids is 1. The molecule has 1 saturated carbocycles. The highest BCUT2D eigenvalue weighted by Crippen LogP contribution is 2.51. The zero-order chi connectivity index (χ0) is 11.6. The number of halogens is 1. The Labute approximate surface area is 111 Å². The van der Waals surface area contributed by atoms with Crippen molar-refractivity contribution in [1.82, 2.24) is 0 Å². The van der Waals surface area contributed by atoms with Crippen LogP contribution < -0.4 is 0 Å². The van der Waals surface area contributed by atoms with Crippen molar-refractivity contribution < 1.29 is 4.79 Å². The fourth-order valence-corrected chi connectivity index (χ4v) is 3.67. The Morgan fingerprint density at radius 1 is 1.35 bits per heavy atom. The molecule has 2 atom stereocenters. The Morgan fingerprint density at radius 2 is 2.00 bits per heavy atom. The number of allylic oxidation sites excluding steroid dienone is 4. The summed E-state index contributed by atoms with van der Waals surface area (Å²) < 4.78 is 0. The molecule has 0 saturated heterocycles. The van der Waals surface area contributed by atoms with Gasteiger partial charge in [0.15, 0.2) is 5.78 Å². The third kappa shape index (κ3) is 2.65. The molecule has 0 radical (unpaired) electrons. The van der Waals surface area contributed by atoms with E-state index in [1.165, 1.54) is 25.7 Å². The van der Waals surface area contributed by atoms with Crippen LogP contribution in [-0.4, -0.2) is 5.78 Å². The summed E-state index contributed by atoms with van der Waals surface area (Å²) in [4.78, 5) is 12.2. The molecule has 0 aromatic carbocycles. The molecule has 2 rings (SSSR count). The zero-order valence-corrected chi connectivity index (χ0v) is 11.6. The van der Waals surface area contributed by atoms with Gasteiger partial charge in [0, 0.05) is 5.92 Å². The van der Waals surface area contributed by atoms with E-state index in [1.54, 1.807) is 6.08 Å². The van der Waals surface area contributed by atoms with Gasteiger partial charge in [-0.15, -0.1) is 12.4 Å². The van der Waals surface area contributed by atoms with E-state index < -0.39 is 0 Å². The van der Waals surface area contributed by atoms with Gasteiger partial charge in [-0.05, 0) is 43.6 Å². The molecular weight excluding hydrogens is 232 g/mol. The molecule has 0 heterocycles. The van der Waals surface area contributed by atoms with Crippen LogP contribution in [-0.2, 0) is 4.79 Å². The molecule has 0 aromatic heterocycles. The van der Waals surface area contributed by atoms with E-state index in [4.69, 9.17) is 0 Å². The van der Waals surface area contributed by atoms with Crippen LogP contribution in [0.2, 0.25) is 0 Å². The normalized spacial score (nSPS) is 30.7. The Kier molecular flexibility index (Phi) is 5.00. The second-order valence-electron chi connectivity index (χ2n) is 5.44. The first-order chi connectivity index (χ1) is 7.69. The van der Waals surface area contributed by atoms with Crippen LogP contribution in [0.15, 0.2) is 24.3 Å². The van der Waals surface area contributed by atoms with Crippen molar-refractivity contribution in [3.05, 3.63) is 24.3 Å². The standard InChI is InChI=1S/C15H22O.ClH/c1-3-7-13(16)14-12(2)8-6-11-15(14)9-4-5-10-15;/h3,6-7,11-12,14H,4-5,8-10H2,1-2H3;1H/b7-3+;/t12-,14+;/m0./s1. The lowest BCUT2D eigenvalue weighted by Gasteiger charge is -2.40. The summed E-state index contributed by atoms with van der Waals surface area (Å²) in [5.41, 5.74) is 0.203. The Hall–Kier alpha value is -0.560. The van der Waals surface area contributed by atoms with Gasteiger partial charge in [0.2, 0.25) is 0 Å². The van der Waals surface area contributed by atoms with Gasteiger partial charge in [-0.1, -0.05) is 38.0 Å². The van der Waals surface area contributed by atoms with E-state index >= 15 is 0 Å². The van der Waals surface area contributed by atoms with Crippen molar-refractivity contribution in [2.45, 2.75) is 46.0 Å². The topological polar surface area (TPSA) is 17.1 Å². The SMILES string of the molecule is C/C=C/C(=O)[C@H]1[C@@H](C)CC=CC12CCCC2.Cl. The quantitative estimate of drug-likeness (QED) is 0.530. The Balaban J connectivity index is 0.00000144. The number of carbonyl (C=O) groups is 1. The molecule has 2 aliphatic carbocycles. The van der Waals surface area contributed by atoms with Crippen molar-refractivity contribution >= 4 is 18.2 Å². The largest absolute Gasteiger partial charge is 0.295 e. The molecule has 2 heteroatoms. The minimum atomic E-state index is 0. The van der Waals surface area contributed by atoms with Crippen LogP contribution >= 0.6 is 12.4 Å². The monoisotopic (exact) mass is 254 g/mol. The molecule has 1 nitrogen and oxygen atoms in total. The van der Waals surface area contributed by atoms with Crippen molar-refractivity contribution in [3.8, 4) is 0 Å². The van der Waals surface area contributed by atoms with Crippen LogP contribution in [0.3, 0.4) is 0 Å². The fraction of sp³-hybridized carbons (Fsp3) is 0.667. The molecular formula is C15H23ClO. The second kappa shape index (κ2) is 5.86. The van der Waals surface area contributed by atoms with Crippen molar-refractivity contribution in [2.24, 2.45) is 17.3 Å². The molecule has 2 aliphatic rings. The summed E-state index contributed by atoms with van der Waals surface area (Å²) in [5, 5.41) is 0. The molecule has 96 valence electrons. The lowest BCUT2D eigenvalue weighted by atomic mass is 9.63. The van der Waals surface area contributed by atoms with Gasteiger partial charge in [-0.2, -0.15) is 0 Å². The van der Waals surface area contributed by atoms with Crippen LogP contribution in [0.25, 0.3) is 0 Å². The van der Waals surface area contributed by atoms with Crippen molar-refractivity contribution in [3.63, 3.8) is 0 Å². The third-order valence-corrected chi connectivity index (χ3v) is 4.32. The fourth-order valence-electron chi connectivity index (χ4n) is 3.67. The van der Waals surface area contributed by atoms with E-state index in [2.05, 4.69) is 19.1 Å². The summed E-state index contributed by atoms with van der Waals surface area (Å²) in [7, 11) is 0.